The predicted octanol–water partition coefficient (Wildman–Crippen LogP) is 2.04. The van der Waals surface area contributed by atoms with Gasteiger partial charge in [-0.05, 0) is 17.7 Å². The zero-order valence-electron chi connectivity index (χ0n) is 13.5. The van der Waals surface area contributed by atoms with Crippen LogP contribution in [0.15, 0.2) is 65.6 Å². The zero-order valence-corrected chi connectivity index (χ0v) is 14.3. The Labute approximate surface area is 143 Å². The summed E-state index contributed by atoms with van der Waals surface area (Å²) in [7, 11) is -3.43. The van der Waals surface area contributed by atoms with Crippen molar-refractivity contribution >= 4 is 10.0 Å². The topological polar surface area (TPSA) is 58.6 Å². The van der Waals surface area contributed by atoms with E-state index in [0.29, 0.717) is 24.6 Å². The first kappa shape index (κ1) is 17.1. The van der Waals surface area contributed by atoms with E-state index in [2.05, 4.69) is 21.8 Å². The molecule has 1 atom stereocenters. The second kappa shape index (κ2) is 7.90. The molecule has 1 N–H and O–H groups in total. The first-order chi connectivity index (χ1) is 11.6. The number of hydrogen-bond donors (Lipinski definition) is 1. The standard InChI is InChI=1S/C18H22N2O3S/c21-24(22,17-9-5-2-6-10-17)19-11-12-20-13-14-23-18(15-20)16-7-3-1-4-8-16/h1-10,18-19H,11-15H2. The van der Waals surface area contributed by atoms with Crippen molar-refractivity contribution in [2.45, 2.75) is 11.0 Å². The number of nitrogens with zero attached hydrogens (tertiary/aromatic N) is 1. The van der Waals surface area contributed by atoms with Gasteiger partial charge < -0.3 is 4.74 Å². The number of sulfonamides is 1. The van der Waals surface area contributed by atoms with Crippen molar-refractivity contribution < 1.29 is 13.2 Å². The Bertz CT molecular complexity index is 735. The van der Waals surface area contributed by atoms with Gasteiger partial charge in [-0.15, -0.1) is 0 Å². The maximum absolute atomic E-state index is 12.2. The molecule has 1 saturated heterocycles. The third-order valence-corrected chi connectivity index (χ3v) is 5.57. The highest BCUT2D eigenvalue weighted by Gasteiger charge is 2.22. The molecule has 1 heterocycles. The molecule has 1 unspecified atom stereocenters. The average Bonchev–Trinajstić information content (AvgIpc) is 2.63. The molecule has 0 bridgehead atoms. The minimum atomic E-state index is -3.43. The number of nitrogens with one attached hydrogen (secondary N) is 1. The first-order valence-corrected chi connectivity index (χ1v) is 9.57. The van der Waals surface area contributed by atoms with Crippen LogP contribution in [0.5, 0.6) is 0 Å². The molecule has 1 aliphatic heterocycles. The predicted molar refractivity (Wildman–Crippen MR) is 93.2 cm³/mol. The van der Waals surface area contributed by atoms with Crippen molar-refractivity contribution in [1.82, 2.24) is 9.62 Å². The van der Waals surface area contributed by atoms with Crippen LogP contribution in [0, 0.1) is 0 Å². The van der Waals surface area contributed by atoms with E-state index in [1.54, 1.807) is 30.3 Å². The summed E-state index contributed by atoms with van der Waals surface area (Å²) < 4.78 is 32.9. The van der Waals surface area contributed by atoms with Crippen LogP contribution in [0.3, 0.4) is 0 Å². The van der Waals surface area contributed by atoms with Gasteiger partial charge in [-0.3, -0.25) is 4.90 Å². The van der Waals surface area contributed by atoms with Crippen LogP contribution in [0.4, 0.5) is 0 Å². The van der Waals surface area contributed by atoms with Crippen LogP contribution < -0.4 is 4.72 Å². The van der Waals surface area contributed by atoms with Crippen molar-refractivity contribution in [2.75, 3.05) is 32.8 Å². The average molecular weight is 346 g/mol. The molecule has 0 aliphatic carbocycles. The molecule has 128 valence electrons. The lowest BCUT2D eigenvalue weighted by Gasteiger charge is -2.33. The van der Waals surface area contributed by atoms with Gasteiger partial charge in [0.25, 0.3) is 0 Å². The summed E-state index contributed by atoms with van der Waals surface area (Å²) in [6.45, 7) is 3.30. The van der Waals surface area contributed by atoms with Crippen LogP contribution in [-0.4, -0.2) is 46.1 Å². The van der Waals surface area contributed by atoms with E-state index in [9.17, 15) is 8.42 Å². The first-order valence-electron chi connectivity index (χ1n) is 8.09. The quantitative estimate of drug-likeness (QED) is 0.870. The Morgan fingerprint density at radius 1 is 1.04 bits per heavy atom. The molecule has 1 fully saturated rings. The second-order valence-electron chi connectivity index (χ2n) is 5.78. The molecule has 6 heteroatoms. The van der Waals surface area contributed by atoms with Crippen LogP contribution in [-0.2, 0) is 14.8 Å². The monoisotopic (exact) mass is 346 g/mol. The number of benzene rings is 2. The Hall–Kier alpha value is -1.73. The molecule has 0 saturated carbocycles. The van der Waals surface area contributed by atoms with Crippen LogP contribution in [0.25, 0.3) is 0 Å². The van der Waals surface area contributed by atoms with Crippen molar-refractivity contribution in [2.24, 2.45) is 0 Å². The van der Waals surface area contributed by atoms with E-state index >= 15 is 0 Å². The lowest BCUT2D eigenvalue weighted by molar-refractivity contribution is -0.0291. The normalized spacial score (nSPS) is 19.2. The summed E-state index contributed by atoms with van der Waals surface area (Å²) in [5.41, 5.74) is 1.16. The van der Waals surface area contributed by atoms with E-state index in [-0.39, 0.29) is 6.10 Å². The minimum absolute atomic E-state index is 0.0469. The van der Waals surface area contributed by atoms with Crippen molar-refractivity contribution in [3.8, 4) is 0 Å². The Morgan fingerprint density at radius 2 is 1.71 bits per heavy atom. The molecule has 2 aromatic rings. The summed E-state index contributed by atoms with van der Waals surface area (Å²) in [4.78, 5) is 2.53. The number of rotatable bonds is 6. The summed E-state index contributed by atoms with van der Waals surface area (Å²) in [5, 5.41) is 0. The van der Waals surface area contributed by atoms with Gasteiger partial charge in [0, 0.05) is 26.2 Å². The number of morpholine rings is 1. The van der Waals surface area contributed by atoms with Gasteiger partial charge in [0.05, 0.1) is 17.6 Å². The molecule has 0 radical (unpaired) electrons. The molecular formula is C18H22N2O3S. The largest absolute Gasteiger partial charge is 0.371 e. The van der Waals surface area contributed by atoms with Gasteiger partial charge in [-0.25, -0.2) is 13.1 Å². The molecular weight excluding hydrogens is 324 g/mol. The lowest BCUT2D eigenvalue weighted by atomic mass is 10.1. The van der Waals surface area contributed by atoms with Gasteiger partial charge >= 0.3 is 0 Å². The van der Waals surface area contributed by atoms with E-state index < -0.39 is 10.0 Å². The van der Waals surface area contributed by atoms with Gasteiger partial charge in [-0.2, -0.15) is 0 Å². The highest BCUT2D eigenvalue weighted by molar-refractivity contribution is 7.89. The molecule has 1 aliphatic rings. The number of ether oxygens (including phenoxy) is 1. The van der Waals surface area contributed by atoms with E-state index in [1.807, 2.05) is 18.2 Å². The van der Waals surface area contributed by atoms with Crippen LogP contribution in [0.2, 0.25) is 0 Å². The molecule has 2 aromatic carbocycles. The summed E-state index contributed by atoms with van der Waals surface area (Å²) in [6.07, 6.45) is 0.0469. The third kappa shape index (κ3) is 4.42. The van der Waals surface area contributed by atoms with Gasteiger partial charge in [0.2, 0.25) is 10.0 Å². The fourth-order valence-corrected chi connectivity index (χ4v) is 3.84. The molecule has 24 heavy (non-hydrogen) atoms. The van der Waals surface area contributed by atoms with E-state index in [4.69, 9.17) is 4.74 Å². The van der Waals surface area contributed by atoms with Gasteiger partial charge in [0.1, 0.15) is 0 Å². The Balaban J connectivity index is 1.52. The third-order valence-electron chi connectivity index (χ3n) is 4.10. The fourth-order valence-electron chi connectivity index (χ4n) is 2.80. The van der Waals surface area contributed by atoms with Crippen molar-refractivity contribution in [1.29, 1.82) is 0 Å². The minimum Gasteiger partial charge on any atom is -0.371 e. The zero-order chi connectivity index (χ0) is 16.8. The Morgan fingerprint density at radius 3 is 2.42 bits per heavy atom. The van der Waals surface area contributed by atoms with Gasteiger partial charge in [-0.1, -0.05) is 48.5 Å². The SMILES string of the molecule is O=S(=O)(NCCN1CCOC(c2ccccc2)C1)c1ccccc1. The molecule has 3 rings (SSSR count). The van der Waals surface area contributed by atoms with Gasteiger partial charge in [0.15, 0.2) is 0 Å². The Kier molecular flexibility index (Phi) is 5.63. The smallest absolute Gasteiger partial charge is 0.240 e. The second-order valence-corrected chi connectivity index (χ2v) is 7.55. The van der Waals surface area contributed by atoms with Crippen LogP contribution >= 0.6 is 0 Å². The molecule has 0 spiro atoms. The van der Waals surface area contributed by atoms with Crippen molar-refractivity contribution in [3.63, 3.8) is 0 Å². The van der Waals surface area contributed by atoms with Crippen molar-refractivity contribution in [3.05, 3.63) is 66.2 Å². The highest BCUT2D eigenvalue weighted by Crippen LogP contribution is 2.21. The van der Waals surface area contributed by atoms with Crippen LogP contribution in [0.1, 0.15) is 11.7 Å². The van der Waals surface area contributed by atoms with E-state index in [0.717, 1.165) is 18.7 Å². The molecule has 0 amide bonds. The summed E-state index contributed by atoms with van der Waals surface area (Å²) in [6, 6.07) is 18.6. The lowest BCUT2D eigenvalue weighted by Crippen LogP contribution is -2.42. The summed E-state index contributed by atoms with van der Waals surface area (Å²) in [5.74, 6) is 0. The number of hydrogen-bond acceptors (Lipinski definition) is 4. The maximum atomic E-state index is 12.2. The maximum Gasteiger partial charge on any atom is 0.240 e. The highest BCUT2D eigenvalue weighted by atomic mass is 32.2. The molecule has 0 aromatic heterocycles. The fraction of sp³-hybridized carbons (Fsp3) is 0.333. The molecule has 5 nitrogen and oxygen atoms in total. The van der Waals surface area contributed by atoms with E-state index in [1.165, 1.54) is 0 Å². The summed E-state index contributed by atoms with van der Waals surface area (Å²) >= 11 is 0.